The van der Waals surface area contributed by atoms with Crippen LogP contribution in [-0.4, -0.2) is 38.9 Å². The molecule has 2 aromatic heterocycles. The Labute approximate surface area is 171 Å². The van der Waals surface area contributed by atoms with E-state index in [4.69, 9.17) is 4.74 Å². The maximum absolute atomic E-state index is 12.0. The van der Waals surface area contributed by atoms with Gasteiger partial charge < -0.3 is 14.0 Å². The summed E-state index contributed by atoms with van der Waals surface area (Å²) in [5, 5.41) is 0. The second kappa shape index (κ2) is 6.90. The lowest BCUT2D eigenvalue weighted by Crippen LogP contribution is -2.51. The molecular weight excluding hydrogens is 362 g/mol. The molecule has 2 aliphatic heterocycles. The van der Waals surface area contributed by atoms with Crippen molar-refractivity contribution in [3.63, 3.8) is 0 Å². The first-order chi connectivity index (χ1) is 14.1. The van der Waals surface area contributed by atoms with Crippen LogP contribution in [0.5, 0.6) is 5.75 Å². The SMILES string of the molecule is CCC(=O)N1CCC2(CCc3cc(-c4ccc5nccn5c4C)ccc3O2)CC1. The summed E-state index contributed by atoms with van der Waals surface area (Å²) in [5.74, 6) is 1.27. The number of ether oxygens (including phenoxy) is 1. The fourth-order valence-corrected chi connectivity index (χ4v) is 4.86. The number of benzene rings is 1. The molecule has 0 aliphatic carbocycles. The molecule has 0 unspecified atom stereocenters. The molecule has 1 aromatic carbocycles. The minimum Gasteiger partial charge on any atom is -0.487 e. The van der Waals surface area contributed by atoms with Gasteiger partial charge in [-0.2, -0.15) is 0 Å². The minimum absolute atomic E-state index is 0.106. The Balaban J connectivity index is 1.39. The first kappa shape index (κ1) is 18.2. The van der Waals surface area contributed by atoms with Crippen molar-refractivity contribution in [3.05, 3.63) is 54.0 Å². The number of imidazole rings is 1. The Morgan fingerprint density at radius 3 is 2.79 bits per heavy atom. The van der Waals surface area contributed by atoms with Crippen LogP contribution in [-0.2, 0) is 11.2 Å². The van der Waals surface area contributed by atoms with Crippen LogP contribution in [0.3, 0.4) is 0 Å². The van der Waals surface area contributed by atoms with Crippen molar-refractivity contribution >= 4 is 11.6 Å². The minimum atomic E-state index is -0.106. The number of fused-ring (bicyclic) bond motifs is 2. The van der Waals surface area contributed by atoms with Gasteiger partial charge in [0.05, 0.1) is 0 Å². The first-order valence-corrected chi connectivity index (χ1v) is 10.6. The molecule has 2 aliphatic rings. The quantitative estimate of drug-likeness (QED) is 0.652. The summed E-state index contributed by atoms with van der Waals surface area (Å²) >= 11 is 0. The Bertz CT molecular complexity index is 1080. The molecule has 0 atom stereocenters. The highest BCUT2D eigenvalue weighted by Gasteiger charge is 2.40. The molecule has 1 fully saturated rings. The second-order valence-electron chi connectivity index (χ2n) is 8.33. The van der Waals surface area contributed by atoms with Gasteiger partial charge >= 0.3 is 0 Å². The van der Waals surface area contributed by atoms with Gasteiger partial charge in [-0.15, -0.1) is 0 Å². The van der Waals surface area contributed by atoms with Crippen molar-refractivity contribution in [1.82, 2.24) is 14.3 Å². The number of hydrogen-bond acceptors (Lipinski definition) is 3. The normalized spacial score (nSPS) is 17.9. The van der Waals surface area contributed by atoms with E-state index in [0.29, 0.717) is 6.42 Å². The molecule has 0 radical (unpaired) electrons. The summed E-state index contributed by atoms with van der Waals surface area (Å²) in [7, 11) is 0. The predicted molar refractivity (Wildman–Crippen MR) is 113 cm³/mol. The third kappa shape index (κ3) is 3.09. The molecule has 0 N–H and O–H groups in total. The maximum atomic E-state index is 12.0. The predicted octanol–water partition coefficient (Wildman–Crippen LogP) is 4.41. The number of aryl methyl sites for hydroxylation is 2. The van der Waals surface area contributed by atoms with E-state index in [2.05, 4.69) is 46.6 Å². The number of carbonyl (C=O) groups is 1. The van der Waals surface area contributed by atoms with E-state index in [-0.39, 0.29) is 11.5 Å². The molecule has 3 aromatic rings. The average Bonchev–Trinajstić information content (AvgIpc) is 3.24. The number of carbonyl (C=O) groups excluding carboxylic acids is 1. The number of amides is 1. The van der Waals surface area contributed by atoms with Crippen molar-refractivity contribution in [3.8, 4) is 16.9 Å². The summed E-state index contributed by atoms with van der Waals surface area (Å²) in [6.07, 6.45) is 8.34. The molecule has 0 bridgehead atoms. The first-order valence-electron chi connectivity index (χ1n) is 10.6. The van der Waals surface area contributed by atoms with Crippen molar-refractivity contribution in [2.24, 2.45) is 0 Å². The zero-order valence-corrected chi connectivity index (χ0v) is 17.1. The summed E-state index contributed by atoms with van der Waals surface area (Å²) in [4.78, 5) is 18.3. The summed E-state index contributed by atoms with van der Waals surface area (Å²) in [6, 6.07) is 10.8. The topological polar surface area (TPSA) is 46.8 Å². The zero-order chi connectivity index (χ0) is 20.0. The third-order valence-corrected chi connectivity index (χ3v) is 6.70. The standard InChI is InChI=1S/C24H27N3O2/c1-3-23(28)26-13-10-24(11-14-26)9-8-19-16-18(4-6-21(19)29-24)20-5-7-22-25-12-15-27(22)17(20)2/h4-7,12,15-16H,3,8-11,13-14H2,1-2H3. The number of aromatic nitrogens is 2. The van der Waals surface area contributed by atoms with E-state index < -0.39 is 0 Å². The van der Waals surface area contributed by atoms with Gasteiger partial charge in [0.25, 0.3) is 0 Å². The highest BCUT2D eigenvalue weighted by atomic mass is 16.5. The van der Waals surface area contributed by atoms with Gasteiger partial charge in [0.15, 0.2) is 0 Å². The van der Waals surface area contributed by atoms with E-state index in [1.807, 2.05) is 24.2 Å². The van der Waals surface area contributed by atoms with Crippen LogP contribution in [0.15, 0.2) is 42.7 Å². The van der Waals surface area contributed by atoms with Gasteiger partial charge in [0.2, 0.25) is 5.91 Å². The fourth-order valence-electron chi connectivity index (χ4n) is 4.86. The van der Waals surface area contributed by atoms with Crippen LogP contribution in [0.2, 0.25) is 0 Å². The number of pyridine rings is 1. The van der Waals surface area contributed by atoms with Crippen molar-refractivity contribution < 1.29 is 9.53 Å². The number of nitrogens with zero attached hydrogens (tertiary/aromatic N) is 3. The number of piperidine rings is 1. The highest BCUT2D eigenvalue weighted by Crippen LogP contribution is 2.41. The lowest BCUT2D eigenvalue weighted by molar-refractivity contribution is -0.134. The molecule has 1 saturated heterocycles. The Morgan fingerprint density at radius 2 is 2.00 bits per heavy atom. The summed E-state index contributed by atoms with van der Waals surface area (Å²) in [5.41, 5.74) is 5.79. The smallest absolute Gasteiger partial charge is 0.222 e. The van der Waals surface area contributed by atoms with Gasteiger partial charge in [-0.05, 0) is 55.2 Å². The van der Waals surface area contributed by atoms with E-state index in [1.165, 1.54) is 22.4 Å². The van der Waals surface area contributed by atoms with Gasteiger partial charge in [-0.3, -0.25) is 4.79 Å². The summed E-state index contributed by atoms with van der Waals surface area (Å²) < 4.78 is 8.68. The molecule has 0 saturated carbocycles. The molecule has 4 heterocycles. The third-order valence-electron chi connectivity index (χ3n) is 6.70. The van der Waals surface area contributed by atoms with E-state index in [9.17, 15) is 4.79 Å². The van der Waals surface area contributed by atoms with Crippen LogP contribution in [0.1, 0.15) is 43.9 Å². The molecule has 1 amide bonds. The zero-order valence-electron chi connectivity index (χ0n) is 17.1. The molecular formula is C24H27N3O2. The number of hydrogen-bond donors (Lipinski definition) is 0. The molecule has 5 rings (SSSR count). The monoisotopic (exact) mass is 389 g/mol. The van der Waals surface area contributed by atoms with Gasteiger partial charge in [0, 0.05) is 56.0 Å². The molecule has 150 valence electrons. The maximum Gasteiger partial charge on any atom is 0.222 e. The average molecular weight is 389 g/mol. The molecule has 29 heavy (non-hydrogen) atoms. The van der Waals surface area contributed by atoms with Gasteiger partial charge in [0.1, 0.15) is 17.0 Å². The number of likely N-dealkylation sites (tertiary alicyclic amines) is 1. The Morgan fingerprint density at radius 1 is 1.17 bits per heavy atom. The molecule has 5 nitrogen and oxygen atoms in total. The van der Waals surface area contributed by atoms with Crippen molar-refractivity contribution in [2.45, 2.75) is 51.6 Å². The van der Waals surface area contributed by atoms with Gasteiger partial charge in [-0.25, -0.2) is 4.98 Å². The Hall–Kier alpha value is -2.82. The fraction of sp³-hybridized carbons (Fsp3) is 0.417. The largest absolute Gasteiger partial charge is 0.487 e. The van der Waals surface area contributed by atoms with Crippen LogP contribution < -0.4 is 4.74 Å². The van der Waals surface area contributed by atoms with E-state index >= 15 is 0 Å². The van der Waals surface area contributed by atoms with Crippen molar-refractivity contribution in [2.75, 3.05) is 13.1 Å². The second-order valence-corrected chi connectivity index (χ2v) is 8.33. The van der Waals surface area contributed by atoms with E-state index in [1.54, 1.807) is 0 Å². The molecule has 5 heteroatoms. The lowest BCUT2D eigenvalue weighted by atomic mass is 9.82. The van der Waals surface area contributed by atoms with Crippen LogP contribution in [0.4, 0.5) is 0 Å². The van der Waals surface area contributed by atoms with Crippen molar-refractivity contribution in [1.29, 1.82) is 0 Å². The lowest BCUT2D eigenvalue weighted by Gasteiger charge is -2.44. The Kier molecular flexibility index (Phi) is 4.34. The van der Waals surface area contributed by atoms with Crippen LogP contribution >= 0.6 is 0 Å². The van der Waals surface area contributed by atoms with Crippen LogP contribution in [0, 0.1) is 6.92 Å². The summed E-state index contributed by atoms with van der Waals surface area (Å²) in [6.45, 7) is 5.69. The molecule has 1 spiro atoms. The number of rotatable bonds is 2. The van der Waals surface area contributed by atoms with Gasteiger partial charge in [-0.1, -0.05) is 13.0 Å². The van der Waals surface area contributed by atoms with E-state index in [0.717, 1.165) is 50.2 Å². The highest BCUT2D eigenvalue weighted by molar-refractivity contribution is 5.76. The van der Waals surface area contributed by atoms with Crippen LogP contribution in [0.25, 0.3) is 16.8 Å².